The van der Waals surface area contributed by atoms with Crippen molar-refractivity contribution in [3.63, 3.8) is 0 Å². The molecule has 1 fully saturated rings. The van der Waals surface area contributed by atoms with E-state index in [0.717, 1.165) is 12.8 Å². The predicted octanol–water partition coefficient (Wildman–Crippen LogP) is 1.25. The molecule has 138 valence electrons. The summed E-state index contributed by atoms with van der Waals surface area (Å²) < 4.78 is 26.6. The molecule has 1 aliphatic rings. The van der Waals surface area contributed by atoms with E-state index >= 15 is 0 Å². The smallest absolute Gasteiger partial charge is 0.312 e. The van der Waals surface area contributed by atoms with Crippen molar-refractivity contribution in [3.05, 3.63) is 24.3 Å². The minimum atomic E-state index is -3.50. The normalized spacial score (nSPS) is 15.0. The Morgan fingerprint density at radius 1 is 1.16 bits per heavy atom. The molecule has 8 nitrogen and oxygen atoms in total. The number of sulfonamides is 1. The fourth-order valence-corrected chi connectivity index (χ4v) is 4.22. The minimum absolute atomic E-state index is 0.192. The zero-order valence-corrected chi connectivity index (χ0v) is 14.8. The quantitative estimate of drug-likeness (QED) is 0.598. The van der Waals surface area contributed by atoms with Crippen LogP contribution in [0, 0.1) is 0 Å². The van der Waals surface area contributed by atoms with Gasteiger partial charge in [-0.15, -0.1) is 0 Å². The van der Waals surface area contributed by atoms with Gasteiger partial charge in [-0.1, -0.05) is 6.07 Å². The van der Waals surface area contributed by atoms with E-state index < -0.39 is 16.1 Å². The van der Waals surface area contributed by atoms with Gasteiger partial charge in [0.1, 0.15) is 0 Å². The number of nitrogens with zero attached hydrogens (tertiary/aromatic N) is 1. The Morgan fingerprint density at radius 3 is 2.56 bits per heavy atom. The summed E-state index contributed by atoms with van der Waals surface area (Å²) >= 11 is 0. The summed E-state index contributed by atoms with van der Waals surface area (Å²) in [6.07, 6.45) is 3.27. The molecule has 1 saturated heterocycles. The molecule has 3 amide bonds. The van der Waals surface area contributed by atoms with Gasteiger partial charge in [-0.05, 0) is 43.9 Å². The number of nitrogens with two attached hydrogens (primary N) is 1. The molecule has 25 heavy (non-hydrogen) atoms. The average molecular weight is 368 g/mol. The van der Waals surface area contributed by atoms with Gasteiger partial charge >= 0.3 is 6.03 Å². The molecule has 0 radical (unpaired) electrons. The summed E-state index contributed by atoms with van der Waals surface area (Å²) in [6.45, 7) is 1.50. The van der Waals surface area contributed by atoms with E-state index in [1.54, 1.807) is 18.2 Å². The molecule has 2 rings (SSSR count). The van der Waals surface area contributed by atoms with E-state index in [2.05, 4.69) is 10.6 Å². The molecular formula is C16H24N4O4S. The van der Waals surface area contributed by atoms with Crippen molar-refractivity contribution in [3.8, 4) is 0 Å². The van der Waals surface area contributed by atoms with Crippen molar-refractivity contribution >= 4 is 27.6 Å². The molecule has 0 aromatic heterocycles. The molecule has 0 unspecified atom stereocenters. The monoisotopic (exact) mass is 368 g/mol. The van der Waals surface area contributed by atoms with Crippen LogP contribution in [0.15, 0.2) is 29.2 Å². The average Bonchev–Trinajstić information content (AvgIpc) is 3.09. The number of hydrogen-bond donors (Lipinski definition) is 3. The highest BCUT2D eigenvalue weighted by molar-refractivity contribution is 7.89. The van der Waals surface area contributed by atoms with Gasteiger partial charge in [0.25, 0.3) is 0 Å². The van der Waals surface area contributed by atoms with Gasteiger partial charge in [-0.3, -0.25) is 4.79 Å². The standard InChI is InChI=1S/C16H24N4O4S/c17-16(22)18-9-2-1-8-15(21)19-13-6-5-7-14(12-13)25(23,24)20-10-3-4-11-20/h5-7,12H,1-4,8-11H2,(H,19,21)(H3,17,18,22). The van der Waals surface area contributed by atoms with Gasteiger partial charge in [0, 0.05) is 31.7 Å². The fourth-order valence-electron chi connectivity index (χ4n) is 2.66. The fraction of sp³-hybridized carbons (Fsp3) is 0.500. The van der Waals surface area contributed by atoms with Crippen LogP contribution in [0.25, 0.3) is 0 Å². The molecule has 1 aliphatic heterocycles. The topological polar surface area (TPSA) is 122 Å². The second kappa shape index (κ2) is 8.82. The first-order valence-corrected chi connectivity index (χ1v) is 9.77. The first-order chi connectivity index (χ1) is 11.9. The predicted molar refractivity (Wildman–Crippen MR) is 94.5 cm³/mol. The maximum absolute atomic E-state index is 12.5. The Morgan fingerprint density at radius 2 is 1.88 bits per heavy atom. The third-order valence-electron chi connectivity index (χ3n) is 3.95. The Hall–Kier alpha value is -2.13. The number of nitrogens with one attached hydrogen (secondary N) is 2. The highest BCUT2D eigenvalue weighted by Crippen LogP contribution is 2.23. The van der Waals surface area contributed by atoms with Crippen LogP contribution >= 0.6 is 0 Å². The van der Waals surface area contributed by atoms with E-state index in [1.807, 2.05) is 0 Å². The molecular weight excluding hydrogens is 344 g/mol. The third kappa shape index (κ3) is 5.71. The summed E-state index contributed by atoms with van der Waals surface area (Å²) in [7, 11) is -3.50. The maximum Gasteiger partial charge on any atom is 0.312 e. The molecule has 1 aromatic rings. The Kier molecular flexibility index (Phi) is 6.77. The van der Waals surface area contributed by atoms with Crippen molar-refractivity contribution in [2.24, 2.45) is 5.73 Å². The van der Waals surface area contributed by atoms with E-state index in [1.165, 1.54) is 10.4 Å². The van der Waals surface area contributed by atoms with Crippen LogP contribution in [0.4, 0.5) is 10.5 Å². The van der Waals surface area contributed by atoms with Gasteiger partial charge in [-0.2, -0.15) is 4.31 Å². The van der Waals surface area contributed by atoms with Crippen LogP contribution in [-0.2, 0) is 14.8 Å². The number of primary amides is 1. The number of anilines is 1. The molecule has 0 aliphatic carbocycles. The Balaban J connectivity index is 1.88. The maximum atomic E-state index is 12.5. The largest absolute Gasteiger partial charge is 0.352 e. The second-order valence-electron chi connectivity index (χ2n) is 5.94. The zero-order valence-electron chi connectivity index (χ0n) is 14.0. The first-order valence-electron chi connectivity index (χ1n) is 8.33. The Bertz CT molecular complexity index is 715. The van der Waals surface area contributed by atoms with Gasteiger partial charge < -0.3 is 16.4 Å². The SMILES string of the molecule is NC(=O)NCCCCC(=O)Nc1cccc(S(=O)(=O)N2CCCC2)c1. The molecule has 0 saturated carbocycles. The molecule has 1 heterocycles. The highest BCUT2D eigenvalue weighted by Gasteiger charge is 2.27. The number of rotatable bonds is 8. The number of benzene rings is 1. The molecule has 0 bridgehead atoms. The van der Waals surface area contributed by atoms with Gasteiger partial charge in [-0.25, -0.2) is 13.2 Å². The summed E-state index contributed by atoms with van der Waals surface area (Å²) in [6, 6.07) is 5.73. The van der Waals surface area contributed by atoms with Crippen molar-refractivity contribution in [1.29, 1.82) is 0 Å². The van der Waals surface area contributed by atoms with Crippen LogP contribution in [0.1, 0.15) is 32.1 Å². The first kappa shape index (κ1) is 19.2. The molecule has 9 heteroatoms. The van der Waals surface area contributed by atoms with Crippen molar-refractivity contribution < 1.29 is 18.0 Å². The van der Waals surface area contributed by atoms with Crippen molar-refractivity contribution in [1.82, 2.24) is 9.62 Å². The van der Waals surface area contributed by atoms with Gasteiger partial charge in [0.15, 0.2) is 0 Å². The van der Waals surface area contributed by atoms with Gasteiger partial charge in [0.05, 0.1) is 4.90 Å². The third-order valence-corrected chi connectivity index (χ3v) is 5.85. The van der Waals surface area contributed by atoms with Crippen LogP contribution in [0.3, 0.4) is 0 Å². The lowest BCUT2D eigenvalue weighted by Crippen LogP contribution is -2.30. The lowest BCUT2D eigenvalue weighted by atomic mass is 10.2. The van der Waals surface area contributed by atoms with E-state index in [4.69, 9.17) is 5.73 Å². The minimum Gasteiger partial charge on any atom is -0.352 e. The number of amides is 3. The number of carbonyl (C=O) groups excluding carboxylic acids is 2. The van der Waals surface area contributed by atoms with E-state index in [-0.39, 0.29) is 17.2 Å². The number of hydrogen-bond acceptors (Lipinski definition) is 4. The lowest BCUT2D eigenvalue weighted by Gasteiger charge is -2.16. The number of unbranched alkanes of at least 4 members (excludes halogenated alkanes) is 1. The summed E-state index contributed by atoms with van der Waals surface area (Å²) in [4.78, 5) is 22.7. The van der Waals surface area contributed by atoms with Crippen LogP contribution in [0.2, 0.25) is 0 Å². The summed E-state index contributed by atoms with van der Waals surface area (Å²) in [5, 5.41) is 5.17. The van der Waals surface area contributed by atoms with Gasteiger partial charge in [0.2, 0.25) is 15.9 Å². The van der Waals surface area contributed by atoms with E-state index in [0.29, 0.717) is 38.2 Å². The van der Waals surface area contributed by atoms with Crippen LogP contribution in [0.5, 0.6) is 0 Å². The summed E-state index contributed by atoms with van der Waals surface area (Å²) in [5.74, 6) is -0.199. The van der Waals surface area contributed by atoms with Crippen molar-refractivity contribution in [2.45, 2.75) is 37.0 Å². The lowest BCUT2D eigenvalue weighted by molar-refractivity contribution is -0.116. The van der Waals surface area contributed by atoms with Crippen LogP contribution < -0.4 is 16.4 Å². The molecule has 0 spiro atoms. The van der Waals surface area contributed by atoms with Crippen molar-refractivity contribution in [2.75, 3.05) is 25.0 Å². The second-order valence-corrected chi connectivity index (χ2v) is 7.87. The Labute approximate surface area is 147 Å². The highest BCUT2D eigenvalue weighted by atomic mass is 32.2. The molecule has 4 N–H and O–H groups in total. The summed E-state index contributed by atoms with van der Waals surface area (Å²) in [5.41, 5.74) is 5.41. The zero-order chi connectivity index (χ0) is 18.3. The number of urea groups is 1. The molecule has 0 atom stereocenters. The van der Waals surface area contributed by atoms with E-state index in [9.17, 15) is 18.0 Å². The molecule has 1 aromatic carbocycles. The number of carbonyl (C=O) groups is 2. The van der Waals surface area contributed by atoms with Crippen LogP contribution in [-0.4, -0.2) is 44.3 Å².